The van der Waals surface area contributed by atoms with Gasteiger partial charge >= 0.3 is 0 Å². The fourth-order valence-electron chi connectivity index (χ4n) is 1.96. The normalized spacial score (nSPS) is 10.9. The first-order valence-corrected chi connectivity index (χ1v) is 8.00. The number of nitro benzene ring substituents is 1. The van der Waals surface area contributed by atoms with Crippen molar-refractivity contribution in [2.75, 3.05) is 0 Å². The number of nitro groups is 1. The number of nitrogens with zero attached hydrogens (tertiary/aromatic N) is 4. The minimum absolute atomic E-state index is 0.0227. The zero-order chi connectivity index (χ0) is 17.6. The van der Waals surface area contributed by atoms with Crippen LogP contribution in [0.25, 0.3) is 0 Å². The molecule has 1 heterocycles. The molecular formula is C17H12N4O3S. The lowest BCUT2D eigenvalue weighted by molar-refractivity contribution is -0.384. The number of rotatable bonds is 5. The molecule has 0 saturated heterocycles. The predicted molar refractivity (Wildman–Crippen MR) is 94.6 cm³/mol. The van der Waals surface area contributed by atoms with Crippen molar-refractivity contribution in [1.29, 1.82) is 0 Å². The molecule has 3 aromatic rings. The van der Waals surface area contributed by atoms with E-state index in [4.69, 9.17) is 0 Å². The Morgan fingerprint density at radius 3 is 2.52 bits per heavy atom. The Labute approximate surface area is 147 Å². The zero-order valence-corrected chi connectivity index (χ0v) is 13.6. The van der Waals surface area contributed by atoms with E-state index in [-0.39, 0.29) is 11.4 Å². The maximum Gasteiger partial charge on any atom is 0.270 e. The predicted octanol–water partition coefficient (Wildman–Crippen LogP) is 3.99. The Hall–Kier alpha value is -3.26. The van der Waals surface area contributed by atoms with Gasteiger partial charge in [0.15, 0.2) is 5.16 Å². The van der Waals surface area contributed by atoms with Crippen LogP contribution in [0.5, 0.6) is 5.75 Å². The minimum atomic E-state index is -0.453. The molecule has 25 heavy (non-hydrogen) atoms. The van der Waals surface area contributed by atoms with E-state index in [2.05, 4.69) is 15.0 Å². The second-order valence-electron chi connectivity index (χ2n) is 4.89. The summed E-state index contributed by atoms with van der Waals surface area (Å²) in [6, 6.07) is 12.6. The number of aromatic hydroxyl groups is 1. The number of phenols is 1. The molecule has 0 saturated carbocycles. The molecule has 1 aromatic heterocycles. The third kappa shape index (κ3) is 4.39. The molecular weight excluding hydrogens is 340 g/mol. The molecule has 7 nitrogen and oxygen atoms in total. The van der Waals surface area contributed by atoms with Crippen molar-refractivity contribution >= 4 is 29.4 Å². The summed E-state index contributed by atoms with van der Waals surface area (Å²) >= 11 is 1.30. The molecule has 0 unspecified atom stereocenters. The second kappa shape index (κ2) is 7.54. The highest BCUT2D eigenvalue weighted by Crippen LogP contribution is 2.30. The lowest BCUT2D eigenvalue weighted by Gasteiger charge is -2.04. The van der Waals surface area contributed by atoms with Crippen molar-refractivity contribution in [3.63, 3.8) is 0 Å². The molecule has 0 fully saturated rings. The van der Waals surface area contributed by atoms with Gasteiger partial charge in [0.25, 0.3) is 5.69 Å². The van der Waals surface area contributed by atoms with Crippen LogP contribution in [0.2, 0.25) is 0 Å². The maximum absolute atomic E-state index is 11.0. The number of non-ortho nitro benzene ring substituents is 1. The van der Waals surface area contributed by atoms with Crippen molar-refractivity contribution in [2.45, 2.75) is 10.1 Å². The van der Waals surface area contributed by atoms with Gasteiger partial charge < -0.3 is 5.11 Å². The van der Waals surface area contributed by atoms with Gasteiger partial charge in [-0.25, -0.2) is 9.97 Å². The molecule has 1 N–H and O–H groups in total. The number of hydrogen-bond acceptors (Lipinski definition) is 7. The molecule has 124 valence electrons. The molecule has 0 aliphatic rings. The second-order valence-corrected chi connectivity index (χ2v) is 5.90. The SMILES string of the molecule is O=[N+]([O-])c1ccc(Sc2ncccn2)c(C=Nc2ccc(O)cc2)c1. The van der Waals surface area contributed by atoms with Crippen LogP contribution in [0.1, 0.15) is 5.56 Å². The van der Waals surface area contributed by atoms with Crippen LogP contribution in [0.15, 0.2) is 76.0 Å². The molecule has 2 aromatic carbocycles. The van der Waals surface area contributed by atoms with Crippen molar-refractivity contribution in [3.05, 3.63) is 76.6 Å². The van der Waals surface area contributed by atoms with Crippen LogP contribution in [-0.4, -0.2) is 26.2 Å². The monoisotopic (exact) mass is 352 g/mol. The van der Waals surface area contributed by atoms with E-state index in [0.717, 1.165) is 4.90 Å². The quantitative estimate of drug-likeness (QED) is 0.322. The Bertz CT molecular complexity index is 915. The van der Waals surface area contributed by atoms with Gasteiger partial charge in [-0.1, -0.05) is 0 Å². The summed E-state index contributed by atoms with van der Waals surface area (Å²) in [7, 11) is 0. The van der Waals surface area contributed by atoms with Crippen LogP contribution >= 0.6 is 11.8 Å². The summed E-state index contributed by atoms with van der Waals surface area (Å²) in [6.07, 6.45) is 4.81. The van der Waals surface area contributed by atoms with Gasteiger partial charge in [-0.3, -0.25) is 15.1 Å². The Morgan fingerprint density at radius 1 is 1.12 bits per heavy atom. The van der Waals surface area contributed by atoms with Gasteiger partial charge in [-0.05, 0) is 48.2 Å². The van der Waals surface area contributed by atoms with E-state index >= 15 is 0 Å². The van der Waals surface area contributed by atoms with Crippen LogP contribution in [0, 0.1) is 10.1 Å². The maximum atomic E-state index is 11.0. The van der Waals surface area contributed by atoms with E-state index in [0.29, 0.717) is 16.4 Å². The van der Waals surface area contributed by atoms with Crippen LogP contribution < -0.4 is 0 Å². The average Bonchev–Trinajstić information content (AvgIpc) is 2.63. The molecule has 0 atom stereocenters. The van der Waals surface area contributed by atoms with Crippen molar-refractivity contribution < 1.29 is 10.0 Å². The van der Waals surface area contributed by atoms with Crippen molar-refractivity contribution in [1.82, 2.24) is 9.97 Å². The Morgan fingerprint density at radius 2 is 1.84 bits per heavy atom. The van der Waals surface area contributed by atoms with E-state index in [1.165, 1.54) is 36.0 Å². The summed E-state index contributed by atoms with van der Waals surface area (Å²) in [6.45, 7) is 0. The van der Waals surface area contributed by atoms with E-state index in [9.17, 15) is 15.2 Å². The van der Waals surface area contributed by atoms with E-state index < -0.39 is 4.92 Å². The summed E-state index contributed by atoms with van der Waals surface area (Å²) in [4.78, 5) is 23.9. The molecule has 0 spiro atoms. The van der Waals surface area contributed by atoms with Gasteiger partial charge in [0.1, 0.15) is 5.75 Å². The van der Waals surface area contributed by atoms with Gasteiger partial charge in [-0.2, -0.15) is 0 Å². The van der Waals surface area contributed by atoms with E-state index in [1.807, 2.05) is 0 Å². The average molecular weight is 352 g/mol. The number of benzene rings is 2. The molecule has 0 bridgehead atoms. The number of phenolic OH excluding ortho intramolecular Hbond substituents is 1. The summed E-state index contributed by atoms with van der Waals surface area (Å²) in [5, 5.41) is 20.9. The highest BCUT2D eigenvalue weighted by Gasteiger charge is 2.11. The van der Waals surface area contributed by atoms with Gasteiger partial charge in [0.05, 0.1) is 10.6 Å². The first-order valence-electron chi connectivity index (χ1n) is 7.18. The van der Waals surface area contributed by atoms with Crippen molar-refractivity contribution in [3.8, 4) is 5.75 Å². The Balaban J connectivity index is 1.94. The zero-order valence-electron chi connectivity index (χ0n) is 12.8. The first-order chi connectivity index (χ1) is 12.1. The molecule has 8 heteroatoms. The molecule has 0 aliphatic carbocycles. The highest BCUT2D eigenvalue weighted by atomic mass is 32.2. The third-order valence-corrected chi connectivity index (χ3v) is 4.14. The van der Waals surface area contributed by atoms with Crippen LogP contribution in [0.3, 0.4) is 0 Å². The topological polar surface area (TPSA) is 102 Å². The Kier molecular flexibility index (Phi) is 5.00. The lowest BCUT2D eigenvalue weighted by atomic mass is 10.2. The summed E-state index contributed by atoms with van der Waals surface area (Å²) < 4.78 is 0. The summed E-state index contributed by atoms with van der Waals surface area (Å²) in [5.41, 5.74) is 1.18. The molecule has 3 rings (SSSR count). The van der Waals surface area contributed by atoms with Crippen LogP contribution in [-0.2, 0) is 0 Å². The third-order valence-electron chi connectivity index (χ3n) is 3.15. The number of aromatic nitrogens is 2. The highest BCUT2D eigenvalue weighted by molar-refractivity contribution is 7.99. The largest absolute Gasteiger partial charge is 0.508 e. The molecule has 0 radical (unpaired) electrons. The van der Waals surface area contributed by atoms with Crippen molar-refractivity contribution in [2.24, 2.45) is 4.99 Å². The minimum Gasteiger partial charge on any atom is -0.508 e. The summed E-state index contributed by atoms with van der Waals surface area (Å²) in [5.74, 6) is 0.145. The number of aliphatic imine (C=N–C) groups is 1. The molecule has 0 aliphatic heterocycles. The smallest absolute Gasteiger partial charge is 0.270 e. The molecule has 0 amide bonds. The lowest BCUT2D eigenvalue weighted by Crippen LogP contribution is -1.93. The van der Waals surface area contributed by atoms with E-state index in [1.54, 1.807) is 42.9 Å². The fourth-order valence-corrected chi connectivity index (χ4v) is 2.75. The first kappa shape index (κ1) is 16.6. The fraction of sp³-hybridized carbons (Fsp3) is 0. The van der Waals surface area contributed by atoms with Crippen LogP contribution in [0.4, 0.5) is 11.4 Å². The van der Waals surface area contributed by atoms with Gasteiger partial charge in [0, 0.05) is 41.2 Å². The standard InChI is InChI=1S/C17H12N4O3S/c22-15-5-2-13(3-6-15)20-11-12-10-14(21(23)24)4-7-16(12)25-17-18-8-1-9-19-17/h1-11,22H. The number of hydrogen-bond donors (Lipinski definition) is 1. The van der Waals surface area contributed by atoms with Gasteiger partial charge in [-0.15, -0.1) is 0 Å². The van der Waals surface area contributed by atoms with Gasteiger partial charge in [0.2, 0.25) is 0 Å².